The molecular formula is C18H26N2O4. The number of para-hydroxylation sites is 2. The molecule has 2 rings (SSSR count). The predicted molar refractivity (Wildman–Crippen MR) is 90.6 cm³/mol. The van der Waals surface area contributed by atoms with Gasteiger partial charge in [0.15, 0.2) is 18.1 Å². The Kier molecular flexibility index (Phi) is 7.39. The molecule has 0 radical (unpaired) electrons. The number of hydrogen-bond acceptors (Lipinski definition) is 4. The summed E-state index contributed by atoms with van der Waals surface area (Å²) < 4.78 is 11.1. The molecule has 1 aliphatic rings. The lowest BCUT2D eigenvalue weighted by atomic mass is 9.89. The van der Waals surface area contributed by atoms with Crippen molar-refractivity contribution in [2.45, 2.75) is 45.4 Å². The molecular weight excluding hydrogens is 308 g/mol. The van der Waals surface area contributed by atoms with Crippen molar-refractivity contribution >= 4 is 11.8 Å². The Balaban J connectivity index is 1.74. The Bertz CT molecular complexity index is 542. The van der Waals surface area contributed by atoms with Crippen LogP contribution in [-0.2, 0) is 9.59 Å². The molecule has 0 spiro atoms. The summed E-state index contributed by atoms with van der Waals surface area (Å²) in [5.74, 6) is 0.611. The molecule has 0 saturated heterocycles. The van der Waals surface area contributed by atoms with Crippen LogP contribution < -0.4 is 20.3 Å². The molecule has 132 valence electrons. The van der Waals surface area contributed by atoms with Gasteiger partial charge in [0.1, 0.15) is 0 Å². The number of carbonyl (C=O) groups excluding carboxylic acids is 2. The second-order valence-electron chi connectivity index (χ2n) is 5.96. The van der Waals surface area contributed by atoms with Crippen molar-refractivity contribution in [1.82, 2.24) is 10.9 Å². The van der Waals surface area contributed by atoms with Crippen LogP contribution in [0, 0.1) is 5.92 Å². The summed E-state index contributed by atoms with van der Waals surface area (Å²) in [5, 5.41) is 0. The number of rotatable bonds is 7. The van der Waals surface area contributed by atoms with Gasteiger partial charge in [0.2, 0.25) is 5.91 Å². The SMILES string of the molecule is CCCOc1ccccc1OCC(=O)NNC(=O)C1CCCCC1. The Hall–Kier alpha value is -2.24. The first-order chi connectivity index (χ1) is 11.7. The highest BCUT2D eigenvalue weighted by molar-refractivity contribution is 5.84. The van der Waals surface area contributed by atoms with Crippen LogP contribution in [0.3, 0.4) is 0 Å². The maximum atomic E-state index is 12.0. The number of amides is 2. The van der Waals surface area contributed by atoms with Gasteiger partial charge in [-0.15, -0.1) is 0 Å². The van der Waals surface area contributed by atoms with Crippen molar-refractivity contribution < 1.29 is 19.1 Å². The van der Waals surface area contributed by atoms with Crippen molar-refractivity contribution in [3.05, 3.63) is 24.3 Å². The maximum Gasteiger partial charge on any atom is 0.276 e. The molecule has 24 heavy (non-hydrogen) atoms. The molecule has 1 saturated carbocycles. The smallest absolute Gasteiger partial charge is 0.276 e. The van der Waals surface area contributed by atoms with Gasteiger partial charge in [-0.05, 0) is 31.4 Å². The number of benzene rings is 1. The number of ether oxygens (including phenoxy) is 2. The molecule has 0 aliphatic heterocycles. The fourth-order valence-electron chi connectivity index (χ4n) is 2.68. The van der Waals surface area contributed by atoms with Crippen LogP contribution in [0.15, 0.2) is 24.3 Å². The average Bonchev–Trinajstić information content (AvgIpc) is 2.64. The molecule has 2 amide bonds. The summed E-state index contributed by atoms with van der Waals surface area (Å²) >= 11 is 0. The molecule has 0 atom stereocenters. The zero-order chi connectivity index (χ0) is 17.2. The van der Waals surface area contributed by atoms with E-state index < -0.39 is 5.91 Å². The lowest BCUT2D eigenvalue weighted by molar-refractivity contribution is -0.132. The van der Waals surface area contributed by atoms with Crippen molar-refractivity contribution in [3.63, 3.8) is 0 Å². The Morgan fingerprint density at radius 1 is 1.04 bits per heavy atom. The van der Waals surface area contributed by atoms with E-state index >= 15 is 0 Å². The van der Waals surface area contributed by atoms with Crippen LogP contribution in [0.4, 0.5) is 0 Å². The van der Waals surface area contributed by atoms with Gasteiger partial charge in [-0.2, -0.15) is 0 Å². The summed E-state index contributed by atoms with van der Waals surface area (Å²) in [6.45, 7) is 2.42. The van der Waals surface area contributed by atoms with Crippen LogP contribution >= 0.6 is 0 Å². The van der Waals surface area contributed by atoms with E-state index in [9.17, 15) is 9.59 Å². The molecule has 1 aliphatic carbocycles. The lowest BCUT2D eigenvalue weighted by Crippen LogP contribution is -2.46. The summed E-state index contributed by atoms with van der Waals surface area (Å²) in [6.07, 6.45) is 6.00. The predicted octanol–water partition coefficient (Wildman–Crippen LogP) is 2.58. The minimum atomic E-state index is -0.399. The Morgan fingerprint density at radius 2 is 1.71 bits per heavy atom. The van der Waals surface area contributed by atoms with Gasteiger partial charge in [0.05, 0.1) is 6.61 Å². The fourth-order valence-corrected chi connectivity index (χ4v) is 2.68. The molecule has 0 bridgehead atoms. The maximum absolute atomic E-state index is 12.0. The minimum Gasteiger partial charge on any atom is -0.490 e. The van der Waals surface area contributed by atoms with E-state index in [4.69, 9.17) is 9.47 Å². The minimum absolute atomic E-state index is 0.00291. The van der Waals surface area contributed by atoms with E-state index in [2.05, 4.69) is 10.9 Å². The zero-order valence-electron chi connectivity index (χ0n) is 14.2. The van der Waals surface area contributed by atoms with E-state index in [-0.39, 0.29) is 18.4 Å². The third-order valence-corrected chi connectivity index (χ3v) is 3.97. The van der Waals surface area contributed by atoms with Crippen LogP contribution in [0.1, 0.15) is 45.4 Å². The Morgan fingerprint density at radius 3 is 2.38 bits per heavy atom. The third kappa shape index (κ3) is 5.76. The topological polar surface area (TPSA) is 76.7 Å². The van der Waals surface area contributed by atoms with Crippen molar-refractivity contribution in [2.24, 2.45) is 5.92 Å². The van der Waals surface area contributed by atoms with Crippen LogP contribution in [0.25, 0.3) is 0 Å². The highest BCUT2D eigenvalue weighted by Crippen LogP contribution is 2.26. The van der Waals surface area contributed by atoms with Crippen LogP contribution in [0.5, 0.6) is 11.5 Å². The van der Waals surface area contributed by atoms with Crippen molar-refractivity contribution in [1.29, 1.82) is 0 Å². The van der Waals surface area contributed by atoms with Gasteiger partial charge in [-0.25, -0.2) is 0 Å². The van der Waals surface area contributed by atoms with E-state index in [0.717, 1.165) is 32.1 Å². The average molecular weight is 334 g/mol. The summed E-state index contributed by atoms with van der Waals surface area (Å²) in [4.78, 5) is 23.8. The molecule has 1 aromatic rings. The first-order valence-corrected chi connectivity index (χ1v) is 8.64. The van der Waals surface area contributed by atoms with E-state index in [1.807, 2.05) is 19.1 Å². The van der Waals surface area contributed by atoms with E-state index in [1.54, 1.807) is 12.1 Å². The third-order valence-electron chi connectivity index (χ3n) is 3.97. The summed E-state index contributed by atoms with van der Waals surface area (Å²) in [5.41, 5.74) is 4.90. The zero-order valence-corrected chi connectivity index (χ0v) is 14.2. The van der Waals surface area contributed by atoms with E-state index in [1.165, 1.54) is 6.42 Å². The molecule has 6 nitrogen and oxygen atoms in total. The van der Waals surface area contributed by atoms with Crippen LogP contribution in [-0.4, -0.2) is 25.0 Å². The number of carbonyl (C=O) groups is 2. The van der Waals surface area contributed by atoms with Gasteiger partial charge < -0.3 is 9.47 Å². The fraction of sp³-hybridized carbons (Fsp3) is 0.556. The molecule has 6 heteroatoms. The van der Waals surface area contributed by atoms with Crippen molar-refractivity contribution in [3.8, 4) is 11.5 Å². The first-order valence-electron chi connectivity index (χ1n) is 8.64. The number of nitrogens with one attached hydrogen (secondary N) is 2. The van der Waals surface area contributed by atoms with E-state index in [0.29, 0.717) is 18.1 Å². The molecule has 0 unspecified atom stereocenters. The normalized spacial score (nSPS) is 14.7. The lowest BCUT2D eigenvalue weighted by Gasteiger charge is -2.20. The molecule has 2 N–H and O–H groups in total. The molecule has 0 heterocycles. The quantitative estimate of drug-likeness (QED) is 0.752. The molecule has 0 aromatic heterocycles. The second kappa shape index (κ2) is 9.80. The summed E-state index contributed by atoms with van der Waals surface area (Å²) in [6, 6.07) is 7.21. The van der Waals surface area contributed by atoms with Gasteiger partial charge in [0.25, 0.3) is 5.91 Å². The number of hydrazine groups is 1. The van der Waals surface area contributed by atoms with Crippen molar-refractivity contribution in [2.75, 3.05) is 13.2 Å². The Labute approximate surface area is 142 Å². The van der Waals surface area contributed by atoms with Gasteiger partial charge in [-0.1, -0.05) is 38.3 Å². The van der Waals surface area contributed by atoms with Gasteiger partial charge in [-0.3, -0.25) is 20.4 Å². The highest BCUT2D eigenvalue weighted by Gasteiger charge is 2.21. The van der Waals surface area contributed by atoms with Gasteiger partial charge >= 0.3 is 0 Å². The van der Waals surface area contributed by atoms with Crippen LogP contribution in [0.2, 0.25) is 0 Å². The monoisotopic (exact) mass is 334 g/mol. The number of hydrogen-bond donors (Lipinski definition) is 2. The first kappa shape index (κ1) is 18.1. The largest absolute Gasteiger partial charge is 0.490 e. The molecule has 1 aromatic carbocycles. The molecule has 1 fully saturated rings. The standard InChI is InChI=1S/C18H26N2O4/c1-2-12-23-15-10-6-7-11-16(15)24-13-17(21)19-20-18(22)14-8-4-3-5-9-14/h6-7,10-11,14H,2-5,8-9,12-13H2,1H3,(H,19,21)(H,20,22). The second-order valence-corrected chi connectivity index (χ2v) is 5.96. The summed E-state index contributed by atoms with van der Waals surface area (Å²) in [7, 11) is 0. The van der Waals surface area contributed by atoms with Gasteiger partial charge in [0, 0.05) is 5.92 Å². The highest BCUT2D eigenvalue weighted by atomic mass is 16.5.